The molecule has 0 aliphatic carbocycles. The molecule has 0 N–H and O–H groups in total. The van der Waals surface area contributed by atoms with E-state index in [1.54, 1.807) is 0 Å². The fourth-order valence-corrected chi connectivity index (χ4v) is 16.0. The van der Waals surface area contributed by atoms with E-state index in [1.807, 2.05) is 298 Å². The van der Waals surface area contributed by atoms with Gasteiger partial charge in [-0.3, -0.25) is 29.7 Å². The summed E-state index contributed by atoms with van der Waals surface area (Å²) in [6.45, 7) is 27.0. The van der Waals surface area contributed by atoms with Crippen molar-refractivity contribution in [2.24, 2.45) is 0 Å². The van der Waals surface area contributed by atoms with Crippen molar-refractivity contribution in [1.82, 2.24) is 39.9 Å². The topological polar surface area (TPSA) is 116 Å². The summed E-state index contributed by atoms with van der Waals surface area (Å²) >= 11 is 0. The Morgan fingerprint density at radius 2 is 0.410 bits per heavy atom. The number of rotatable bonds is 20. The minimum Gasteiger partial charge on any atom is -0.346 e. The standard InChI is InChI=1S/C36H35N3.2C32H27N3.C28H19N3.4Pt/c1-35(2,3)28-23-29(36(4,5)6)25-32(24-28)39(30-15-11-13-26(21-30)33-17-7-9-19-37-33)31-16-12-14-27(22-31)34-18-8-10-20-38-34;1-32(2,3)26-16-18-27(19-17-26)35(28-12-8-10-24(22-28)30-14-4-6-20-33-30)29-13-9-11-25(23-29)31-15-5-7-21-34-31;1-32(2,3)26-20-22-27(23-21-26)35(30-18-10-16-28(33-30)24-12-6-4-7-13-24)31-19-11-17-29(34-31)25-14-8-5-9-15-25;1-4-12-22(13-5-1)25-18-10-20-27(29-25)31(24-16-8-3-9-17-24)28-21-11-19-26(30-28)23-14-6-2-7-15-23;;;;/h7-20,23-25H,1-6H3;4-21H,1-3H3;4-12,14,16-23H,1-3H3;1-12,14,16-21H;;;;/q4*-2;4*+2. The SMILES string of the molecule is CC(C)(C)c1cc(N(c2[c-]c(-c3ccccn3)ccc2)c2[c-]c(-c3ccccn3)ccc2)cc(C(C)(C)C)c1.CC(C)(C)c1ccc(N(c2[c-]c(-c3ccccn3)ccc2)c2[c-]c(-c3ccccn3)ccc2)cc1.CC(C)(C)c1ccc(N(c2cccc(-c3[c-]cccc3)n2)c2cccc(-c3[c-]cccc3)n2)cc1.[Pt+2].[Pt+2].[Pt+2].[Pt+2].[c-]1ccccc1-c1cccc(N(c2ccccc2)c2cccc(-c3[c-]cccc3)n2)n1. The molecule has 0 amide bonds. The minimum atomic E-state index is -0.0132. The second kappa shape index (κ2) is 49.7. The van der Waals surface area contributed by atoms with Crippen LogP contribution in [0.3, 0.4) is 0 Å². The van der Waals surface area contributed by atoms with Crippen LogP contribution in [0.2, 0.25) is 0 Å². The summed E-state index contributed by atoms with van der Waals surface area (Å²) in [6.07, 6.45) is 7.26. The second-order valence-corrected chi connectivity index (χ2v) is 37.8. The Kier molecular flexibility index (Phi) is 36.9. The van der Waals surface area contributed by atoms with Crippen LogP contribution in [-0.2, 0) is 106 Å². The van der Waals surface area contributed by atoms with Gasteiger partial charge in [0.1, 0.15) is 23.3 Å². The van der Waals surface area contributed by atoms with Gasteiger partial charge in [0.05, 0.1) is 0 Å². The molecule has 0 fully saturated rings. The Bertz CT molecular complexity index is 6860. The molecule has 144 heavy (non-hydrogen) atoms. The summed E-state index contributed by atoms with van der Waals surface area (Å²) < 4.78 is 0. The first-order valence-corrected chi connectivity index (χ1v) is 47.1. The largest absolute Gasteiger partial charge is 2.00 e. The van der Waals surface area contributed by atoms with Crippen LogP contribution in [0.15, 0.2) is 437 Å². The van der Waals surface area contributed by atoms with Gasteiger partial charge in [-0.05, 0) is 209 Å². The molecule has 0 saturated carbocycles. The number of hydrogen-bond acceptors (Lipinski definition) is 12. The fourth-order valence-electron chi connectivity index (χ4n) is 16.0. The predicted molar refractivity (Wildman–Crippen MR) is 576 cm³/mol. The van der Waals surface area contributed by atoms with E-state index in [1.165, 1.54) is 22.3 Å². The molecule has 0 aliphatic heterocycles. The molecular weight excluding hydrogens is 2490 g/mol. The quantitative estimate of drug-likeness (QED) is 0.0677. The third kappa shape index (κ3) is 27.4. The molecule has 8 aromatic heterocycles. The van der Waals surface area contributed by atoms with E-state index in [0.29, 0.717) is 0 Å². The van der Waals surface area contributed by atoms with Crippen molar-refractivity contribution < 1.29 is 84.3 Å². The van der Waals surface area contributed by atoms with E-state index in [0.717, 1.165) is 159 Å². The Morgan fingerprint density at radius 1 is 0.181 bits per heavy atom. The van der Waals surface area contributed by atoms with Crippen molar-refractivity contribution in [3.05, 3.63) is 508 Å². The van der Waals surface area contributed by atoms with Crippen molar-refractivity contribution in [2.75, 3.05) is 19.6 Å². The Hall–Kier alpha value is -14.2. The van der Waals surface area contributed by atoms with Gasteiger partial charge < -0.3 is 29.7 Å². The van der Waals surface area contributed by atoms with Crippen molar-refractivity contribution in [3.63, 3.8) is 0 Å². The Morgan fingerprint density at radius 3 is 0.660 bits per heavy atom. The number of pyridine rings is 8. The molecule has 0 saturated heterocycles. The first-order chi connectivity index (χ1) is 67.9. The predicted octanol–water partition coefficient (Wildman–Crippen LogP) is 32.7. The smallest absolute Gasteiger partial charge is 0.346 e. The van der Waals surface area contributed by atoms with Gasteiger partial charge in [0.2, 0.25) is 0 Å². The van der Waals surface area contributed by atoms with Gasteiger partial charge in [0, 0.05) is 47.5 Å². The van der Waals surface area contributed by atoms with Gasteiger partial charge in [-0.15, -0.1) is 263 Å². The maximum Gasteiger partial charge on any atom is 2.00 e. The van der Waals surface area contributed by atoms with Crippen LogP contribution in [0.4, 0.5) is 68.8 Å². The fraction of sp³-hybridized carbons (Fsp3) is 0.125. The van der Waals surface area contributed by atoms with Crippen LogP contribution < -0.4 is 19.6 Å². The second-order valence-electron chi connectivity index (χ2n) is 37.8. The molecule has 8 heterocycles. The number of aromatic nitrogens is 8. The zero-order chi connectivity index (χ0) is 97.0. The van der Waals surface area contributed by atoms with Crippen molar-refractivity contribution >= 4 is 68.8 Å². The maximum atomic E-state index is 5.02. The van der Waals surface area contributed by atoms with Gasteiger partial charge in [-0.1, -0.05) is 229 Å². The van der Waals surface area contributed by atoms with Crippen molar-refractivity contribution in [1.29, 1.82) is 0 Å². The molecule has 20 rings (SSSR count). The molecule has 0 atom stereocenters. The zero-order valence-electron chi connectivity index (χ0n) is 82.2. The van der Waals surface area contributed by atoms with Gasteiger partial charge in [-0.2, -0.15) is 0 Å². The van der Waals surface area contributed by atoms with Crippen LogP contribution in [-0.4, -0.2) is 39.9 Å². The van der Waals surface area contributed by atoms with E-state index >= 15 is 0 Å². The molecule has 12 aromatic carbocycles. The van der Waals surface area contributed by atoms with Gasteiger partial charge in [0.15, 0.2) is 0 Å². The van der Waals surface area contributed by atoms with E-state index in [2.05, 4.69) is 311 Å². The summed E-state index contributed by atoms with van der Waals surface area (Å²) in [4.78, 5) is 46.7. The molecule has 720 valence electrons. The Labute approximate surface area is 907 Å². The number of para-hydroxylation sites is 1. The van der Waals surface area contributed by atoms with Crippen LogP contribution in [0.1, 0.15) is 105 Å². The van der Waals surface area contributed by atoms with E-state index in [-0.39, 0.29) is 106 Å². The van der Waals surface area contributed by atoms with Gasteiger partial charge in [0.25, 0.3) is 0 Å². The average molecular weight is 2590 g/mol. The minimum absolute atomic E-state index is 0. The first kappa shape index (κ1) is 107. The number of anilines is 12. The summed E-state index contributed by atoms with van der Waals surface area (Å²) in [5, 5.41) is 0. The molecule has 12 nitrogen and oxygen atoms in total. The maximum absolute atomic E-state index is 5.02. The van der Waals surface area contributed by atoms with Crippen LogP contribution >= 0.6 is 0 Å². The summed E-state index contributed by atoms with van der Waals surface area (Å²) in [6, 6.07) is 166. The van der Waals surface area contributed by atoms with E-state index in [9.17, 15) is 0 Å². The summed E-state index contributed by atoms with van der Waals surface area (Å²) in [5.41, 5.74) is 27.7. The number of nitrogens with zero attached hydrogens (tertiary/aromatic N) is 12. The zero-order valence-corrected chi connectivity index (χ0v) is 91.3. The Balaban J connectivity index is 0.000000160. The van der Waals surface area contributed by atoms with Crippen molar-refractivity contribution in [3.8, 4) is 90.1 Å². The van der Waals surface area contributed by atoms with Crippen LogP contribution in [0.5, 0.6) is 0 Å². The number of benzene rings is 12. The summed E-state index contributed by atoms with van der Waals surface area (Å²) in [7, 11) is 0. The molecule has 16 heteroatoms. The molecular formula is C128H108N12Pt4. The van der Waals surface area contributed by atoms with Gasteiger partial charge >= 0.3 is 84.3 Å². The third-order valence-corrected chi connectivity index (χ3v) is 23.5. The molecule has 0 spiro atoms. The summed E-state index contributed by atoms with van der Waals surface area (Å²) in [5.74, 6) is 3.18. The monoisotopic (exact) mass is 2590 g/mol. The molecule has 0 radical (unpaired) electrons. The molecule has 20 aromatic rings. The molecule has 0 bridgehead atoms. The van der Waals surface area contributed by atoms with E-state index in [4.69, 9.17) is 19.9 Å². The normalized spacial score (nSPS) is 11.0. The van der Waals surface area contributed by atoms with Gasteiger partial charge in [-0.25, -0.2) is 0 Å². The van der Waals surface area contributed by atoms with E-state index < -0.39 is 0 Å². The number of hydrogen-bond donors (Lipinski definition) is 0. The van der Waals surface area contributed by atoms with Crippen LogP contribution in [0.25, 0.3) is 90.1 Å². The molecule has 0 aliphatic rings. The van der Waals surface area contributed by atoms with Crippen molar-refractivity contribution in [2.45, 2.75) is 105 Å². The average Bonchev–Trinajstić information content (AvgIpc) is 0.723. The van der Waals surface area contributed by atoms with Crippen LogP contribution in [0, 0.1) is 48.5 Å². The first-order valence-electron chi connectivity index (χ1n) is 47.1. The molecule has 0 unspecified atom stereocenters. The third-order valence-electron chi connectivity index (χ3n) is 23.5.